The summed E-state index contributed by atoms with van der Waals surface area (Å²) in [5, 5.41) is 35.3. The molecular weight excluding hydrogens is 1780 g/mol. The summed E-state index contributed by atoms with van der Waals surface area (Å²) >= 11 is 19.5. The van der Waals surface area contributed by atoms with Gasteiger partial charge in [-0.05, 0) is 62.4 Å². The molecule has 402 valence electrons. The molecular formula is C45H39ClI6N8O14V2. The Hall–Kier alpha value is -2.95. The third-order valence-electron chi connectivity index (χ3n) is 11.5. The van der Waals surface area contributed by atoms with Crippen LogP contribution in [0.5, 0.6) is 11.5 Å². The van der Waals surface area contributed by atoms with Crippen molar-refractivity contribution < 1.29 is 47.0 Å². The number of ether oxygens (including phenoxy) is 3. The van der Waals surface area contributed by atoms with Crippen molar-refractivity contribution in [2.24, 2.45) is 0 Å². The van der Waals surface area contributed by atoms with E-state index in [-0.39, 0.29) is 45.9 Å². The maximum atomic E-state index is 13.2. The van der Waals surface area contributed by atoms with E-state index < -0.39 is 71.2 Å². The number of non-ortho nitro benzene ring substituents is 2. The minimum atomic E-state index is -1.22. The summed E-state index contributed by atoms with van der Waals surface area (Å²) in [5.41, 5.74) is -4.16. The molecule has 76 heavy (non-hydrogen) atoms. The summed E-state index contributed by atoms with van der Waals surface area (Å²) in [6.07, 6.45) is 6.94. The van der Waals surface area contributed by atoms with E-state index in [0.717, 1.165) is 9.13 Å². The van der Waals surface area contributed by atoms with E-state index in [1.54, 1.807) is 74.5 Å². The number of nitrogens with zero attached hydrogens (tertiary/aromatic N) is 8. The molecule has 0 saturated heterocycles. The number of carbonyl (C=O) groups excluding carboxylic acids is 2. The van der Waals surface area contributed by atoms with Crippen LogP contribution in [0.15, 0.2) is 153 Å². The van der Waals surface area contributed by atoms with Gasteiger partial charge in [-0.15, -0.1) is 0 Å². The number of nitro benzene ring substituents is 2. The van der Waals surface area contributed by atoms with E-state index in [1.807, 2.05) is 24.3 Å². The molecule has 4 bridgehead atoms. The molecule has 6 atom stereocenters. The fourth-order valence-electron chi connectivity index (χ4n) is 8.54. The van der Waals surface area contributed by atoms with Crippen LogP contribution < -0.4 is 32.2 Å². The summed E-state index contributed by atoms with van der Waals surface area (Å²) in [4.78, 5) is 93.9. The van der Waals surface area contributed by atoms with Gasteiger partial charge in [-0.2, -0.15) is 0 Å². The zero-order valence-electron chi connectivity index (χ0n) is 39.0. The van der Waals surface area contributed by atoms with Crippen molar-refractivity contribution in [2.75, 3.05) is 0 Å². The van der Waals surface area contributed by atoms with Gasteiger partial charge in [0.2, 0.25) is 0 Å². The first-order valence-electron chi connectivity index (χ1n) is 21.6. The molecule has 4 aromatic carbocycles. The first kappa shape index (κ1) is 62.2. The summed E-state index contributed by atoms with van der Waals surface area (Å²) in [7, 11) is 0. The number of hydrogen-bond donors (Lipinski definition) is 1. The number of benzene rings is 4. The van der Waals surface area contributed by atoms with Crippen LogP contribution in [0.4, 0.5) is 21.0 Å². The molecule has 1 N–H and O–H groups in total. The predicted molar refractivity (Wildman–Crippen MR) is 328 cm³/mol. The number of nitro groups is 2. The van der Waals surface area contributed by atoms with Gasteiger partial charge < -0.3 is 19.3 Å². The average molecular weight is 1810 g/mol. The average Bonchev–Trinajstić information content (AvgIpc) is 3.77. The van der Waals surface area contributed by atoms with E-state index in [9.17, 15) is 54.1 Å². The van der Waals surface area contributed by atoms with Crippen molar-refractivity contribution in [1.82, 2.24) is 27.9 Å². The predicted octanol–water partition coefficient (Wildman–Crippen LogP) is 11.0. The Kier molecular flexibility index (Phi) is 21.7. The van der Waals surface area contributed by atoms with Gasteiger partial charge in [0, 0.05) is 48.7 Å². The van der Waals surface area contributed by atoms with Crippen LogP contribution in [0, 0.1) is 20.2 Å². The van der Waals surface area contributed by atoms with Crippen LogP contribution in [0.25, 0.3) is 11.4 Å². The SMILES string of the molecule is CC1(O)CC2C=CC1n1c(=O)n(-c3ccccc3)c(=O)n12.CC1(OC(=O)Oc2ccc([N+](=O)[O-])cc2)CC2C=CC1n1c(=O)n(-c3ccccc3)c(=O)n12.O=C(Cl)Oc1ccc([N+](=O)[O-])cc1.[CH2]=[V]([I])([I])[I].[I][V]([I])[I]. The Morgan fingerprint density at radius 1 is 0.645 bits per heavy atom. The molecule has 2 aromatic heterocycles. The number of allylic oxidation sites excluding steroid dienone is 2. The molecule has 4 aliphatic heterocycles. The van der Waals surface area contributed by atoms with Crippen LogP contribution in [-0.4, -0.2) is 70.8 Å². The Morgan fingerprint density at radius 3 is 1.38 bits per heavy atom. The fraction of sp³-hybridized carbons (Fsp3) is 0.222. The monoisotopic (exact) mass is 1810 g/mol. The van der Waals surface area contributed by atoms with Gasteiger partial charge in [-0.3, -0.25) is 20.2 Å². The van der Waals surface area contributed by atoms with Gasteiger partial charge in [0.1, 0.15) is 29.2 Å². The summed E-state index contributed by atoms with van der Waals surface area (Å²) in [6.45, 7) is 3.37. The van der Waals surface area contributed by atoms with E-state index >= 15 is 0 Å². The molecule has 2 aliphatic carbocycles. The number of rotatable bonds is 7. The Labute approximate surface area is 508 Å². The Balaban J connectivity index is 0.000000185. The van der Waals surface area contributed by atoms with Gasteiger partial charge in [0.05, 0.1) is 38.9 Å². The topological polar surface area (TPSA) is 266 Å². The third-order valence-corrected chi connectivity index (χ3v) is 11.6. The minimum absolute atomic E-state index is 0.0747. The molecule has 12 rings (SSSR count). The van der Waals surface area contributed by atoms with E-state index in [2.05, 4.69) is 130 Å². The van der Waals surface area contributed by atoms with Gasteiger partial charge in [-0.25, -0.2) is 56.6 Å². The summed E-state index contributed by atoms with van der Waals surface area (Å²) in [5.74, 6) is 0.251. The molecule has 0 saturated carbocycles. The molecule has 6 unspecified atom stereocenters. The second-order valence-corrected chi connectivity index (χ2v) is 97.4. The Morgan fingerprint density at radius 2 is 1.00 bits per heavy atom. The number of aliphatic hydroxyl groups is 1. The molecule has 0 radical (unpaired) electrons. The molecule has 31 heteroatoms. The van der Waals surface area contributed by atoms with Crippen molar-refractivity contribution in [1.29, 1.82) is 0 Å². The summed E-state index contributed by atoms with van der Waals surface area (Å²) in [6, 6.07) is 25.4. The normalized spacial score (nSPS) is 20.8. The second-order valence-electron chi connectivity index (χ2n) is 16.8. The molecule has 0 fully saturated rings. The molecule has 0 spiro atoms. The number of fused-ring (bicyclic) bond motifs is 2. The van der Waals surface area contributed by atoms with Crippen LogP contribution in [0.1, 0.15) is 50.9 Å². The van der Waals surface area contributed by atoms with E-state index in [0.29, 0.717) is 17.8 Å². The molecule has 0 amide bonds. The van der Waals surface area contributed by atoms with Crippen molar-refractivity contribution >= 4 is 160 Å². The maximum absolute atomic E-state index is 13.2. The number of carbonyl (C=O) groups is 2. The van der Waals surface area contributed by atoms with Crippen molar-refractivity contribution in [3.8, 4) is 22.9 Å². The van der Waals surface area contributed by atoms with Gasteiger partial charge in [0.15, 0.2) is 0 Å². The van der Waals surface area contributed by atoms with Crippen LogP contribution in [0.3, 0.4) is 0 Å². The number of hydrogen-bond acceptors (Lipinski definition) is 14. The molecule has 6 aromatic rings. The third kappa shape index (κ3) is 15.5. The summed E-state index contributed by atoms with van der Waals surface area (Å²) < 4.78 is 21.8. The first-order valence-corrected chi connectivity index (χ1v) is 50.0. The van der Waals surface area contributed by atoms with Crippen molar-refractivity contribution in [2.45, 2.75) is 62.1 Å². The first-order chi connectivity index (χ1) is 35.6. The number of para-hydroxylation sites is 2. The van der Waals surface area contributed by atoms with E-state index in [4.69, 9.17) is 21.1 Å². The Bertz CT molecular complexity index is 3480. The quantitative estimate of drug-likeness (QED) is 0.0296. The van der Waals surface area contributed by atoms with Crippen molar-refractivity contribution in [3.63, 3.8) is 0 Å². The second kappa shape index (κ2) is 26.5. The van der Waals surface area contributed by atoms with Crippen LogP contribution in [-0.2, 0) is 13.0 Å². The van der Waals surface area contributed by atoms with Gasteiger partial charge in [-0.1, -0.05) is 60.7 Å². The van der Waals surface area contributed by atoms with Crippen molar-refractivity contribution in [3.05, 3.63) is 196 Å². The van der Waals surface area contributed by atoms with Crippen LogP contribution in [0.2, 0.25) is 0 Å². The zero-order chi connectivity index (χ0) is 56.0. The standard InChI is InChI=1S/C22H18N4O7.C15H15N3O3.C7H4ClNO4.CH2.6HI.2V/c1-22(33-21(29)32-17-10-7-15(8-11-17)26(30)31)13-16-9-12-18(22)25-20(28)23(19(27)24(16)25)14-5-3-2-4-6-14;1-15(21)9-11-7-8-12(15)18-14(20)16(13(19)17(11)18)10-5-3-2-4-6-10;8-7(10)13-6-3-1-5(2-4-6)9(11)12;;;;;;;;;/h2-12,16,18H,13H2,1H3;2-8,11-12,21H,9H2,1H3;1-4H;1H2;6*1H;;/q;;;;;;;;;;2*+3/p-6. The van der Waals surface area contributed by atoms with E-state index in [1.165, 1.54) is 67.3 Å². The van der Waals surface area contributed by atoms with Crippen LogP contribution >= 0.6 is 131 Å². The molecule has 6 aliphatic rings. The number of halogens is 7. The van der Waals surface area contributed by atoms with Gasteiger partial charge >= 0.3 is 168 Å². The molecule has 6 heterocycles. The number of aromatic nitrogens is 6. The fourth-order valence-corrected chi connectivity index (χ4v) is 8.63. The zero-order valence-corrected chi connectivity index (χ0v) is 55.5. The molecule has 22 nitrogen and oxygen atoms in total. The van der Waals surface area contributed by atoms with Gasteiger partial charge in [0.25, 0.3) is 11.4 Å².